The van der Waals surface area contributed by atoms with Crippen LogP contribution in [0.2, 0.25) is 0 Å². The van der Waals surface area contributed by atoms with Crippen molar-refractivity contribution in [2.45, 2.75) is 0 Å². The van der Waals surface area contributed by atoms with E-state index in [-0.39, 0.29) is 11.8 Å². The number of alkyl halides is 1. The first-order valence-corrected chi connectivity index (χ1v) is 5.28. The number of amides is 1. The molecule has 0 saturated carbocycles. The van der Waals surface area contributed by atoms with Crippen LogP contribution in [-0.4, -0.2) is 22.0 Å². The van der Waals surface area contributed by atoms with Gasteiger partial charge in [-0.15, -0.1) is 11.6 Å². The summed E-state index contributed by atoms with van der Waals surface area (Å²) in [6.45, 7) is 0. The zero-order valence-electron chi connectivity index (χ0n) is 8.40. The molecule has 0 aliphatic heterocycles. The second-order valence-electron chi connectivity index (χ2n) is 3.25. The van der Waals surface area contributed by atoms with Crippen LogP contribution in [0.5, 0.6) is 0 Å². The van der Waals surface area contributed by atoms with Crippen molar-refractivity contribution in [3.63, 3.8) is 0 Å². The molecule has 1 heterocycles. The lowest BCUT2D eigenvalue weighted by molar-refractivity contribution is -0.113. The molecule has 2 rings (SSSR count). The summed E-state index contributed by atoms with van der Waals surface area (Å²) < 4.78 is 0. The fourth-order valence-electron chi connectivity index (χ4n) is 1.38. The Balaban J connectivity index is 2.23. The molecule has 1 aromatic heterocycles. The normalized spacial score (nSPS) is 10.1. The van der Waals surface area contributed by atoms with Gasteiger partial charge in [0.2, 0.25) is 5.91 Å². The molecule has 0 atom stereocenters. The molecule has 1 aromatic carbocycles. The summed E-state index contributed by atoms with van der Waals surface area (Å²) in [4.78, 5) is 11.1. The average molecular weight is 236 g/mol. The highest BCUT2D eigenvalue weighted by Gasteiger charge is 2.02. The molecular weight excluding hydrogens is 226 g/mol. The number of H-pyrrole nitrogens is 1. The zero-order chi connectivity index (χ0) is 11.4. The third-order valence-electron chi connectivity index (χ3n) is 2.10. The molecule has 2 aromatic rings. The quantitative estimate of drug-likeness (QED) is 0.802. The Labute approximate surface area is 97.6 Å². The molecule has 0 radical (unpaired) electrons. The number of rotatable bonds is 3. The Hall–Kier alpha value is -1.81. The molecule has 82 valence electrons. The van der Waals surface area contributed by atoms with Gasteiger partial charge < -0.3 is 5.32 Å². The summed E-state index contributed by atoms with van der Waals surface area (Å²) >= 11 is 5.41. The highest BCUT2D eigenvalue weighted by molar-refractivity contribution is 6.29. The van der Waals surface area contributed by atoms with Gasteiger partial charge in [0.1, 0.15) is 5.88 Å². The van der Waals surface area contributed by atoms with Gasteiger partial charge in [-0.25, -0.2) is 0 Å². The Bertz CT molecular complexity index is 482. The van der Waals surface area contributed by atoms with Gasteiger partial charge in [0.15, 0.2) is 0 Å². The van der Waals surface area contributed by atoms with E-state index >= 15 is 0 Å². The molecule has 16 heavy (non-hydrogen) atoms. The SMILES string of the molecule is O=C(CCl)Nc1cccc(-c2cn[nH]c2)c1. The van der Waals surface area contributed by atoms with Crippen LogP contribution < -0.4 is 5.32 Å². The van der Waals surface area contributed by atoms with Crippen molar-refractivity contribution in [3.8, 4) is 11.1 Å². The molecule has 5 heteroatoms. The fourth-order valence-corrected chi connectivity index (χ4v) is 1.45. The molecule has 0 spiro atoms. The van der Waals surface area contributed by atoms with E-state index in [9.17, 15) is 4.79 Å². The van der Waals surface area contributed by atoms with E-state index < -0.39 is 0 Å². The predicted octanol–water partition coefficient (Wildman–Crippen LogP) is 2.25. The third kappa shape index (κ3) is 2.41. The number of halogens is 1. The molecule has 1 amide bonds. The van der Waals surface area contributed by atoms with E-state index in [0.29, 0.717) is 0 Å². The molecule has 4 nitrogen and oxygen atoms in total. The average Bonchev–Trinajstić information content (AvgIpc) is 2.83. The lowest BCUT2D eigenvalue weighted by Crippen LogP contribution is -2.12. The third-order valence-corrected chi connectivity index (χ3v) is 2.34. The largest absolute Gasteiger partial charge is 0.325 e. The number of benzene rings is 1. The lowest BCUT2D eigenvalue weighted by Gasteiger charge is -2.04. The highest BCUT2D eigenvalue weighted by Crippen LogP contribution is 2.21. The first kappa shape index (κ1) is 10.7. The van der Waals surface area contributed by atoms with Crippen LogP contribution in [0.1, 0.15) is 0 Å². The van der Waals surface area contributed by atoms with Crippen LogP contribution in [0.15, 0.2) is 36.7 Å². The van der Waals surface area contributed by atoms with Crippen molar-refractivity contribution in [2.24, 2.45) is 0 Å². The number of hydrogen-bond donors (Lipinski definition) is 2. The summed E-state index contributed by atoms with van der Waals surface area (Å²) in [5.41, 5.74) is 2.69. The molecule has 0 fully saturated rings. The Morgan fingerprint density at radius 3 is 3.00 bits per heavy atom. The standard InChI is InChI=1S/C11H10ClN3O/c12-5-11(16)15-10-3-1-2-8(4-10)9-6-13-14-7-9/h1-4,6-7H,5H2,(H,13,14)(H,15,16). The topological polar surface area (TPSA) is 57.8 Å². The van der Waals surface area contributed by atoms with Gasteiger partial charge in [0.05, 0.1) is 6.20 Å². The van der Waals surface area contributed by atoms with Crippen molar-refractivity contribution in [2.75, 3.05) is 11.2 Å². The van der Waals surface area contributed by atoms with Gasteiger partial charge >= 0.3 is 0 Å². The number of hydrogen-bond acceptors (Lipinski definition) is 2. The van der Waals surface area contributed by atoms with Crippen molar-refractivity contribution < 1.29 is 4.79 Å². The molecule has 0 aliphatic carbocycles. The monoisotopic (exact) mass is 235 g/mol. The van der Waals surface area contributed by atoms with Crippen LogP contribution in [0.3, 0.4) is 0 Å². The molecule has 2 N–H and O–H groups in total. The summed E-state index contributed by atoms with van der Waals surface area (Å²) in [6.07, 6.45) is 3.52. The number of carbonyl (C=O) groups excluding carboxylic acids is 1. The van der Waals surface area contributed by atoms with Gasteiger partial charge in [0.25, 0.3) is 0 Å². The van der Waals surface area contributed by atoms with E-state index in [1.165, 1.54) is 0 Å². The van der Waals surface area contributed by atoms with Crippen molar-refractivity contribution in [1.82, 2.24) is 10.2 Å². The first-order valence-electron chi connectivity index (χ1n) is 4.74. The van der Waals surface area contributed by atoms with Gasteiger partial charge in [-0.1, -0.05) is 12.1 Å². The van der Waals surface area contributed by atoms with Crippen LogP contribution in [0, 0.1) is 0 Å². The minimum atomic E-state index is -0.217. The predicted molar refractivity (Wildman–Crippen MR) is 63.4 cm³/mol. The number of carbonyl (C=O) groups is 1. The first-order chi connectivity index (χ1) is 7.79. The Kier molecular flexibility index (Phi) is 3.22. The van der Waals surface area contributed by atoms with E-state index in [4.69, 9.17) is 11.6 Å². The van der Waals surface area contributed by atoms with Crippen molar-refractivity contribution >= 4 is 23.2 Å². The summed E-state index contributed by atoms with van der Waals surface area (Å²) in [6, 6.07) is 7.50. The maximum Gasteiger partial charge on any atom is 0.239 e. The molecular formula is C11H10ClN3O. The number of aromatic nitrogens is 2. The van der Waals surface area contributed by atoms with Crippen molar-refractivity contribution in [3.05, 3.63) is 36.7 Å². The van der Waals surface area contributed by atoms with E-state index in [2.05, 4.69) is 15.5 Å². The molecule has 0 unspecified atom stereocenters. The maximum atomic E-state index is 11.1. The molecule has 0 saturated heterocycles. The Morgan fingerprint density at radius 1 is 1.44 bits per heavy atom. The Morgan fingerprint density at radius 2 is 2.31 bits per heavy atom. The van der Waals surface area contributed by atoms with Crippen LogP contribution in [-0.2, 0) is 4.79 Å². The van der Waals surface area contributed by atoms with Gasteiger partial charge in [-0.2, -0.15) is 5.10 Å². The highest BCUT2D eigenvalue weighted by atomic mass is 35.5. The lowest BCUT2D eigenvalue weighted by atomic mass is 10.1. The molecule has 0 bridgehead atoms. The van der Waals surface area contributed by atoms with Gasteiger partial charge in [-0.3, -0.25) is 9.89 Å². The van der Waals surface area contributed by atoms with Gasteiger partial charge in [0, 0.05) is 17.4 Å². The second-order valence-corrected chi connectivity index (χ2v) is 3.52. The minimum Gasteiger partial charge on any atom is -0.325 e. The smallest absolute Gasteiger partial charge is 0.239 e. The maximum absolute atomic E-state index is 11.1. The number of nitrogens with zero attached hydrogens (tertiary/aromatic N) is 1. The van der Waals surface area contributed by atoms with Crippen LogP contribution >= 0.6 is 11.6 Å². The summed E-state index contributed by atoms with van der Waals surface area (Å²) in [7, 11) is 0. The number of anilines is 1. The summed E-state index contributed by atoms with van der Waals surface area (Å²) in [5, 5.41) is 9.31. The number of nitrogens with one attached hydrogen (secondary N) is 2. The zero-order valence-corrected chi connectivity index (χ0v) is 9.16. The minimum absolute atomic E-state index is 0.0457. The molecule has 0 aliphatic rings. The van der Waals surface area contributed by atoms with Crippen molar-refractivity contribution in [1.29, 1.82) is 0 Å². The van der Waals surface area contributed by atoms with E-state index in [1.807, 2.05) is 24.3 Å². The van der Waals surface area contributed by atoms with Crippen LogP contribution in [0.4, 0.5) is 5.69 Å². The number of aromatic amines is 1. The van der Waals surface area contributed by atoms with E-state index in [0.717, 1.165) is 16.8 Å². The fraction of sp³-hybridized carbons (Fsp3) is 0.0909. The van der Waals surface area contributed by atoms with Gasteiger partial charge in [-0.05, 0) is 17.7 Å². The van der Waals surface area contributed by atoms with E-state index in [1.54, 1.807) is 12.4 Å². The van der Waals surface area contributed by atoms with Crippen LogP contribution in [0.25, 0.3) is 11.1 Å². The summed E-state index contributed by atoms with van der Waals surface area (Å²) in [5.74, 6) is -0.262. The second kappa shape index (κ2) is 4.81.